The third-order valence-electron chi connectivity index (χ3n) is 4.85. The number of hydrogen-bond donors (Lipinski definition) is 2. The van der Waals surface area contributed by atoms with Crippen LogP contribution in [0.4, 0.5) is 10.1 Å². The van der Waals surface area contributed by atoms with E-state index in [1.165, 1.54) is 25.0 Å². The van der Waals surface area contributed by atoms with Gasteiger partial charge in [0.15, 0.2) is 0 Å². The van der Waals surface area contributed by atoms with Gasteiger partial charge in [-0.1, -0.05) is 0 Å². The van der Waals surface area contributed by atoms with E-state index in [4.69, 9.17) is 0 Å². The van der Waals surface area contributed by atoms with Crippen LogP contribution in [0, 0.1) is 5.82 Å². The van der Waals surface area contributed by atoms with Crippen molar-refractivity contribution in [2.75, 3.05) is 31.5 Å². The number of amides is 2. The molecule has 0 aliphatic carbocycles. The Morgan fingerprint density at radius 1 is 1.30 bits per heavy atom. The standard InChI is InChI=1S/C20H20FN3O2Se/c21-14-3-4-18-16(10-14)17(20(26)23-18)11-15-9-13(12-27-15)19(25)22-5-8-24-6-1-2-7-24/h3-4,9-12H,1-2,5-8H2,(H,22,25)(H,23,26)/b17-11-. The summed E-state index contributed by atoms with van der Waals surface area (Å²) in [5.74, 6) is -0.694. The van der Waals surface area contributed by atoms with Crippen LogP contribution >= 0.6 is 0 Å². The van der Waals surface area contributed by atoms with Crippen molar-refractivity contribution in [3.63, 3.8) is 0 Å². The number of fused-ring (bicyclic) bond motifs is 1. The van der Waals surface area contributed by atoms with Gasteiger partial charge < -0.3 is 0 Å². The second-order valence-electron chi connectivity index (χ2n) is 6.74. The summed E-state index contributed by atoms with van der Waals surface area (Å²) in [5, 5.41) is 5.71. The van der Waals surface area contributed by atoms with Crippen molar-refractivity contribution in [1.82, 2.24) is 10.2 Å². The molecule has 4 rings (SSSR count). The molecule has 1 saturated heterocycles. The Morgan fingerprint density at radius 2 is 2.11 bits per heavy atom. The zero-order chi connectivity index (χ0) is 18.8. The molecule has 1 aromatic carbocycles. The number of nitrogens with zero attached hydrogens (tertiary/aromatic N) is 1. The van der Waals surface area contributed by atoms with Gasteiger partial charge in [0.2, 0.25) is 0 Å². The fourth-order valence-electron chi connectivity index (χ4n) is 3.43. The quantitative estimate of drug-likeness (QED) is 0.563. The van der Waals surface area contributed by atoms with Crippen LogP contribution in [-0.2, 0) is 4.79 Å². The molecule has 2 aromatic rings. The second kappa shape index (κ2) is 7.80. The molecule has 3 heterocycles. The summed E-state index contributed by atoms with van der Waals surface area (Å²) < 4.78 is 14.5. The van der Waals surface area contributed by atoms with Gasteiger partial charge >= 0.3 is 163 Å². The van der Waals surface area contributed by atoms with Gasteiger partial charge in [-0.2, -0.15) is 0 Å². The zero-order valence-electron chi connectivity index (χ0n) is 14.8. The molecule has 0 spiro atoms. The average Bonchev–Trinajstić information content (AvgIpc) is 3.37. The summed E-state index contributed by atoms with van der Waals surface area (Å²) >= 11 is -0.0228. The predicted molar refractivity (Wildman–Crippen MR) is 104 cm³/mol. The first kappa shape index (κ1) is 18.2. The van der Waals surface area contributed by atoms with E-state index in [0.29, 0.717) is 28.9 Å². The van der Waals surface area contributed by atoms with E-state index >= 15 is 0 Å². The van der Waals surface area contributed by atoms with Gasteiger partial charge in [0.25, 0.3) is 0 Å². The van der Waals surface area contributed by atoms with Crippen LogP contribution in [0.2, 0.25) is 0 Å². The molecule has 5 nitrogen and oxygen atoms in total. The molecule has 2 amide bonds. The summed E-state index contributed by atoms with van der Waals surface area (Å²) in [6, 6.07) is 6.08. The number of carbonyl (C=O) groups is 2. The van der Waals surface area contributed by atoms with Gasteiger partial charge in [0.1, 0.15) is 0 Å². The Bertz CT molecular complexity index is 916. The van der Waals surface area contributed by atoms with Crippen molar-refractivity contribution in [2.24, 2.45) is 0 Å². The molecule has 2 aliphatic heterocycles. The Hall–Kier alpha value is -2.21. The van der Waals surface area contributed by atoms with Gasteiger partial charge in [-0.25, -0.2) is 0 Å². The first-order chi connectivity index (χ1) is 13.1. The van der Waals surface area contributed by atoms with Crippen molar-refractivity contribution in [2.45, 2.75) is 12.8 Å². The van der Waals surface area contributed by atoms with Gasteiger partial charge in [0, 0.05) is 0 Å². The first-order valence-corrected chi connectivity index (χ1v) is 10.9. The van der Waals surface area contributed by atoms with E-state index in [1.54, 1.807) is 12.1 Å². The van der Waals surface area contributed by atoms with Gasteiger partial charge in [0.05, 0.1) is 0 Å². The zero-order valence-corrected chi connectivity index (χ0v) is 16.5. The number of rotatable bonds is 5. The average molecular weight is 432 g/mol. The Morgan fingerprint density at radius 3 is 2.93 bits per heavy atom. The van der Waals surface area contributed by atoms with Crippen molar-refractivity contribution in [3.8, 4) is 0 Å². The summed E-state index contributed by atoms with van der Waals surface area (Å²) in [6.45, 7) is 3.75. The molecule has 0 radical (unpaired) electrons. The molecule has 1 fully saturated rings. The van der Waals surface area contributed by atoms with Crippen LogP contribution in [0.1, 0.15) is 33.2 Å². The van der Waals surface area contributed by atoms with Crippen LogP contribution in [-0.4, -0.2) is 57.4 Å². The van der Waals surface area contributed by atoms with Gasteiger partial charge in [-0.15, -0.1) is 0 Å². The van der Waals surface area contributed by atoms with Gasteiger partial charge in [-0.05, 0) is 0 Å². The Kier molecular flexibility index (Phi) is 5.25. The molecule has 140 valence electrons. The molecule has 0 saturated carbocycles. The number of hydrogen-bond acceptors (Lipinski definition) is 3. The molecular weight excluding hydrogens is 412 g/mol. The molecule has 0 unspecified atom stereocenters. The van der Waals surface area contributed by atoms with Crippen LogP contribution in [0.15, 0.2) is 29.2 Å². The minimum absolute atomic E-state index is 0.0228. The van der Waals surface area contributed by atoms with E-state index in [2.05, 4.69) is 15.5 Å². The molecule has 7 heteroatoms. The van der Waals surface area contributed by atoms with E-state index in [1.807, 2.05) is 11.0 Å². The van der Waals surface area contributed by atoms with Crippen LogP contribution < -0.4 is 10.6 Å². The van der Waals surface area contributed by atoms with Crippen LogP contribution in [0.25, 0.3) is 11.6 Å². The third kappa shape index (κ3) is 4.05. The normalized spacial score (nSPS) is 18.0. The van der Waals surface area contributed by atoms with E-state index in [9.17, 15) is 14.0 Å². The number of likely N-dealkylation sites (tertiary alicyclic amines) is 1. The second-order valence-corrected chi connectivity index (χ2v) is 8.72. The predicted octanol–water partition coefficient (Wildman–Crippen LogP) is 2.20. The summed E-state index contributed by atoms with van der Waals surface area (Å²) in [5.41, 5.74) is 2.27. The van der Waals surface area contributed by atoms with Crippen molar-refractivity contribution < 1.29 is 14.0 Å². The Labute approximate surface area is 163 Å². The number of anilines is 1. The molecule has 0 bridgehead atoms. The van der Waals surface area contributed by atoms with E-state index in [-0.39, 0.29) is 32.1 Å². The van der Waals surface area contributed by atoms with E-state index < -0.39 is 0 Å². The maximum atomic E-state index is 13.5. The summed E-state index contributed by atoms with van der Waals surface area (Å²) in [4.78, 5) is 28.8. The third-order valence-corrected chi connectivity index (χ3v) is 6.69. The Balaban J connectivity index is 1.43. The fraction of sp³-hybridized carbons (Fsp3) is 0.300. The molecule has 2 N–H and O–H groups in total. The first-order valence-electron chi connectivity index (χ1n) is 9.02. The molecular formula is C20H20FN3O2Se. The molecule has 0 atom stereocenters. The number of nitrogens with one attached hydrogen (secondary N) is 2. The van der Waals surface area contributed by atoms with Crippen molar-refractivity contribution in [3.05, 3.63) is 50.6 Å². The molecule has 1 aromatic heterocycles. The topological polar surface area (TPSA) is 61.4 Å². The fourth-order valence-corrected chi connectivity index (χ4v) is 5.15. The number of halogens is 1. The molecule has 2 aliphatic rings. The molecule has 27 heavy (non-hydrogen) atoms. The summed E-state index contributed by atoms with van der Waals surface area (Å²) in [7, 11) is 0. The van der Waals surface area contributed by atoms with Crippen LogP contribution in [0.3, 0.4) is 0 Å². The SMILES string of the molecule is O=C1Nc2ccc(F)cc2/C1=C/c1cc(C(=O)NCCN2CCCC2)c[se]1. The number of benzene rings is 1. The summed E-state index contributed by atoms with van der Waals surface area (Å²) in [6.07, 6.45) is 4.24. The minimum atomic E-state index is -0.377. The monoisotopic (exact) mass is 433 g/mol. The van der Waals surface area contributed by atoms with Crippen molar-refractivity contribution >= 4 is 43.7 Å². The van der Waals surface area contributed by atoms with E-state index in [0.717, 1.165) is 24.1 Å². The van der Waals surface area contributed by atoms with Gasteiger partial charge in [-0.3, -0.25) is 0 Å². The van der Waals surface area contributed by atoms with Crippen LogP contribution in [0.5, 0.6) is 0 Å². The van der Waals surface area contributed by atoms with Crippen molar-refractivity contribution in [1.29, 1.82) is 0 Å². The maximum absolute atomic E-state index is 13.5. The number of carbonyl (C=O) groups excluding carboxylic acids is 2.